The molecule has 5 nitrogen and oxygen atoms in total. The summed E-state index contributed by atoms with van der Waals surface area (Å²) in [7, 11) is 0. The summed E-state index contributed by atoms with van der Waals surface area (Å²) >= 11 is 0. The second-order valence-corrected chi connectivity index (χ2v) is 2.64. The van der Waals surface area contributed by atoms with Crippen LogP contribution >= 0.6 is 0 Å². The molecule has 0 amide bonds. The van der Waals surface area contributed by atoms with Crippen LogP contribution in [0.3, 0.4) is 0 Å². The third-order valence-corrected chi connectivity index (χ3v) is 1.73. The predicted molar refractivity (Wildman–Crippen MR) is 48.6 cm³/mol. The Morgan fingerprint density at radius 1 is 1.23 bits per heavy atom. The summed E-state index contributed by atoms with van der Waals surface area (Å²) in [5.74, 6) is 0. The number of nitrogens with zero attached hydrogens (tertiary/aromatic N) is 2. The quantitative estimate of drug-likeness (QED) is 0.550. The summed E-state index contributed by atoms with van der Waals surface area (Å²) < 4.78 is 0. The smallest absolute Gasteiger partial charge is 0.0759 e. The lowest BCUT2D eigenvalue weighted by atomic mass is 10.2. The lowest BCUT2D eigenvalue weighted by molar-refractivity contribution is 0.297. The molecule has 1 aromatic rings. The zero-order chi connectivity index (χ0) is 9.68. The van der Waals surface area contributed by atoms with E-state index in [1.165, 1.54) is 0 Å². The molecule has 0 fully saturated rings. The van der Waals surface area contributed by atoms with E-state index in [9.17, 15) is 0 Å². The zero-order valence-electron chi connectivity index (χ0n) is 7.40. The zero-order valence-corrected chi connectivity index (χ0v) is 7.40. The van der Waals surface area contributed by atoms with Crippen LogP contribution in [0.15, 0.2) is 6.20 Å². The van der Waals surface area contributed by atoms with Gasteiger partial charge in [0.1, 0.15) is 0 Å². The molecule has 13 heavy (non-hydrogen) atoms. The van der Waals surface area contributed by atoms with Crippen LogP contribution in [0, 0.1) is 0 Å². The van der Waals surface area contributed by atoms with Gasteiger partial charge >= 0.3 is 0 Å². The third-order valence-electron chi connectivity index (χ3n) is 1.73. The van der Waals surface area contributed by atoms with Crippen molar-refractivity contribution in [3.63, 3.8) is 0 Å². The monoisotopic (exact) mass is 182 g/mol. The molecule has 1 rings (SSSR count). The molecule has 1 heterocycles. The van der Waals surface area contributed by atoms with E-state index in [-0.39, 0.29) is 6.61 Å². The van der Waals surface area contributed by atoms with Gasteiger partial charge in [-0.2, -0.15) is 0 Å². The molecule has 5 N–H and O–H groups in total. The molecular formula is C8H14N4O. The second-order valence-electron chi connectivity index (χ2n) is 2.64. The Morgan fingerprint density at radius 2 is 2.00 bits per heavy atom. The fourth-order valence-electron chi connectivity index (χ4n) is 1.07. The third kappa shape index (κ3) is 2.45. The van der Waals surface area contributed by atoms with E-state index in [0.29, 0.717) is 19.5 Å². The molecule has 0 aliphatic carbocycles. The number of rotatable bonds is 4. The van der Waals surface area contributed by atoms with Crippen LogP contribution in [0.4, 0.5) is 0 Å². The summed E-state index contributed by atoms with van der Waals surface area (Å²) in [6, 6.07) is 0. The standard InChI is InChI=1S/C8H14N4O/c9-3-6-5-11-7(1-2-13)8(4-10)12-6/h5,13H,1-4,9-10H2. The van der Waals surface area contributed by atoms with Gasteiger partial charge in [-0.1, -0.05) is 0 Å². The minimum atomic E-state index is 0.0592. The van der Waals surface area contributed by atoms with Gasteiger partial charge in [-0.25, -0.2) is 0 Å². The Hall–Kier alpha value is -1.04. The van der Waals surface area contributed by atoms with E-state index in [0.717, 1.165) is 17.1 Å². The van der Waals surface area contributed by atoms with Crippen LogP contribution in [0.25, 0.3) is 0 Å². The Kier molecular flexibility index (Phi) is 3.75. The van der Waals surface area contributed by atoms with E-state index >= 15 is 0 Å². The molecular weight excluding hydrogens is 168 g/mol. The average Bonchev–Trinajstić information content (AvgIpc) is 2.19. The Labute approximate surface area is 76.8 Å². The minimum absolute atomic E-state index is 0.0592. The fraction of sp³-hybridized carbons (Fsp3) is 0.500. The van der Waals surface area contributed by atoms with Crippen molar-refractivity contribution in [2.45, 2.75) is 19.5 Å². The van der Waals surface area contributed by atoms with Crippen molar-refractivity contribution in [3.05, 3.63) is 23.3 Å². The van der Waals surface area contributed by atoms with E-state index in [4.69, 9.17) is 16.6 Å². The van der Waals surface area contributed by atoms with Crippen molar-refractivity contribution in [1.82, 2.24) is 9.97 Å². The van der Waals surface area contributed by atoms with Crippen LogP contribution < -0.4 is 11.5 Å². The van der Waals surface area contributed by atoms with Gasteiger partial charge in [-0.15, -0.1) is 0 Å². The van der Waals surface area contributed by atoms with Gasteiger partial charge in [-0.05, 0) is 0 Å². The first-order chi connectivity index (χ1) is 6.31. The van der Waals surface area contributed by atoms with E-state index in [1.807, 2.05) is 0 Å². The molecule has 0 spiro atoms. The topological polar surface area (TPSA) is 98.0 Å². The first kappa shape index (κ1) is 10.0. The first-order valence-corrected chi connectivity index (χ1v) is 4.16. The van der Waals surface area contributed by atoms with Crippen LogP contribution in [0.2, 0.25) is 0 Å². The maximum atomic E-state index is 8.73. The Balaban J connectivity index is 2.93. The first-order valence-electron chi connectivity index (χ1n) is 4.16. The van der Waals surface area contributed by atoms with Crippen molar-refractivity contribution in [1.29, 1.82) is 0 Å². The average molecular weight is 182 g/mol. The number of hydrogen-bond donors (Lipinski definition) is 3. The highest BCUT2D eigenvalue weighted by molar-refractivity contribution is 5.14. The van der Waals surface area contributed by atoms with Crippen molar-refractivity contribution in [2.75, 3.05) is 6.61 Å². The summed E-state index contributed by atoms with van der Waals surface area (Å²) in [6.45, 7) is 0.749. The number of aromatic nitrogens is 2. The Bertz CT molecular complexity index is 277. The number of aliphatic hydroxyl groups is 1. The molecule has 0 atom stereocenters. The summed E-state index contributed by atoms with van der Waals surface area (Å²) in [6.07, 6.45) is 2.11. The van der Waals surface area contributed by atoms with Gasteiger partial charge in [-0.3, -0.25) is 9.97 Å². The van der Waals surface area contributed by atoms with Gasteiger partial charge in [0, 0.05) is 26.1 Å². The van der Waals surface area contributed by atoms with Crippen LogP contribution in [-0.2, 0) is 19.5 Å². The molecule has 0 aromatic carbocycles. The van der Waals surface area contributed by atoms with E-state index in [2.05, 4.69) is 9.97 Å². The summed E-state index contributed by atoms with van der Waals surface area (Å²) in [5, 5.41) is 8.73. The molecule has 0 aliphatic heterocycles. The van der Waals surface area contributed by atoms with E-state index < -0.39 is 0 Å². The highest BCUT2D eigenvalue weighted by Crippen LogP contribution is 2.03. The maximum absolute atomic E-state index is 8.73. The highest BCUT2D eigenvalue weighted by Gasteiger charge is 2.04. The molecule has 0 saturated carbocycles. The maximum Gasteiger partial charge on any atom is 0.0759 e. The number of nitrogens with two attached hydrogens (primary N) is 2. The lowest BCUT2D eigenvalue weighted by Crippen LogP contribution is -2.12. The van der Waals surface area contributed by atoms with Gasteiger partial charge in [0.05, 0.1) is 23.3 Å². The van der Waals surface area contributed by atoms with Gasteiger partial charge < -0.3 is 16.6 Å². The number of hydrogen-bond acceptors (Lipinski definition) is 5. The SMILES string of the molecule is NCc1cnc(CCO)c(CN)n1. The van der Waals surface area contributed by atoms with Crippen molar-refractivity contribution in [2.24, 2.45) is 11.5 Å². The van der Waals surface area contributed by atoms with Crippen LogP contribution in [0.1, 0.15) is 17.1 Å². The molecule has 0 radical (unpaired) electrons. The van der Waals surface area contributed by atoms with E-state index in [1.54, 1.807) is 6.20 Å². The molecule has 0 bridgehead atoms. The number of aliphatic hydroxyl groups excluding tert-OH is 1. The lowest BCUT2D eigenvalue weighted by Gasteiger charge is -2.05. The molecule has 1 aromatic heterocycles. The second kappa shape index (κ2) is 4.86. The molecule has 0 saturated heterocycles. The molecule has 0 aliphatic rings. The van der Waals surface area contributed by atoms with Crippen molar-refractivity contribution >= 4 is 0 Å². The summed E-state index contributed by atoms with van der Waals surface area (Å²) in [5.41, 5.74) is 13.1. The fourth-order valence-corrected chi connectivity index (χ4v) is 1.07. The van der Waals surface area contributed by atoms with Crippen LogP contribution in [0.5, 0.6) is 0 Å². The van der Waals surface area contributed by atoms with Crippen molar-refractivity contribution < 1.29 is 5.11 Å². The van der Waals surface area contributed by atoms with Crippen molar-refractivity contribution in [3.8, 4) is 0 Å². The Morgan fingerprint density at radius 3 is 2.54 bits per heavy atom. The highest BCUT2D eigenvalue weighted by atomic mass is 16.3. The normalized spacial score (nSPS) is 10.4. The molecule has 5 heteroatoms. The predicted octanol–water partition coefficient (Wildman–Crippen LogP) is -1.07. The van der Waals surface area contributed by atoms with Gasteiger partial charge in [0.15, 0.2) is 0 Å². The molecule has 72 valence electrons. The van der Waals surface area contributed by atoms with Gasteiger partial charge in [0.2, 0.25) is 0 Å². The van der Waals surface area contributed by atoms with Gasteiger partial charge in [0.25, 0.3) is 0 Å². The summed E-state index contributed by atoms with van der Waals surface area (Å²) in [4.78, 5) is 8.33. The molecule has 0 unspecified atom stereocenters. The van der Waals surface area contributed by atoms with Crippen LogP contribution in [-0.4, -0.2) is 21.7 Å². The minimum Gasteiger partial charge on any atom is -0.396 e. The largest absolute Gasteiger partial charge is 0.396 e.